The predicted molar refractivity (Wildman–Crippen MR) is 103 cm³/mol. The van der Waals surface area contributed by atoms with Crippen molar-refractivity contribution < 1.29 is 4.79 Å². The molecule has 0 bridgehead atoms. The molecule has 1 aliphatic rings. The molecule has 5 heteroatoms. The number of H-pyrrole nitrogens is 1. The average Bonchev–Trinajstić information content (AvgIpc) is 3.17. The van der Waals surface area contributed by atoms with E-state index in [1.165, 1.54) is 37.9 Å². The first-order valence-electron chi connectivity index (χ1n) is 9.30. The first kappa shape index (κ1) is 16.8. The third-order valence-corrected chi connectivity index (χ3v) is 5.05. The minimum atomic E-state index is -0.0859. The van der Waals surface area contributed by atoms with Gasteiger partial charge in [0.05, 0.1) is 17.3 Å². The molecule has 1 aromatic heterocycles. The van der Waals surface area contributed by atoms with Gasteiger partial charge in [0, 0.05) is 18.5 Å². The van der Waals surface area contributed by atoms with Crippen molar-refractivity contribution in [2.45, 2.75) is 32.4 Å². The summed E-state index contributed by atoms with van der Waals surface area (Å²) in [4.78, 5) is 15.0. The highest BCUT2D eigenvalue weighted by Gasteiger charge is 2.12. The molecule has 134 valence electrons. The van der Waals surface area contributed by atoms with Crippen molar-refractivity contribution in [2.75, 3.05) is 13.1 Å². The quantitative estimate of drug-likeness (QED) is 0.742. The van der Waals surface area contributed by atoms with Crippen molar-refractivity contribution in [3.63, 3.8) is 0 Å². The van der Waals surface area contributed by atoms with Crippen LogP contribution in [-0.2, 0) is 13.1 Å². The summed E-state index contributed by atoms with van der Waals surface area (Å²) in [5, 5.41) is 10.9. The van der Waals surface area contributed by atoms with E-state index in [1.54, 1.807) is 6.20 Å². The lowest BCUT2D eigenvalue weighted by atomic mass is 10.1. The van der Waals surface area contributed by atoms with Crippen LogP contribution >= 0.6 is 0 Å². The number of rotatable bonds is 5. The van der Waals surface area contributed by atoms with E-state index in [4.69, 9.17) is 0 Å². The highest BCUT2D eigenvalue weighted by atomic mass is 16.1. The summed E-state index contributed by atoms with van der Waals surface area (Å²) >= 11 is 0. The molecule has 0 unspecified atom stereocenters. The molecule has 0 saturated carbocycles. The van der Waals surface area contributed by atoms with Crippen LogP contribution in [0, 0.1) is 0 Å². The summed E-state index contributed by atoms with van der Waals surface area (Å²) in [6.45, 7) is 3.95. The van der Waals surface area contributed by atoms with Gasteiger partial charge in [-0.15, -0.1) is 0 Å². The van der Waals surface area contributed by atoms with Gasteiger partial charge in [-0.25, -0.2) is 0 Å². The van der Waals surface area contributed by atoms with Crippen LogP contribution < -0.4 is 5.32 Å². The molecule has 2 heterocycles. The summed E-state index contributed by atoms with van der Waals surface area (Å²) in [6.07, 6.45) is 5.72. The number of nitrogens with zero attached hydrogens (tertiary/aromatic N) is 2. The van der Waals surface area contributed by atoms with Crippen LogP contribution in [0.2, 0.25) is 0 Å². The number of likely N-dealkylation sites (tertiary alicyclic amines) is 1. The number of nitrogens with one attached hydrogen (secondary N) is 2. The first-order chi connectivity index (χ1) is 12.8. The van der Waals surface area contributed by atoms with Crippen LogP contribution in [0.15, 0.2) is 48.7 Å². The standard InChI is InChI=1S/C21H24N4O/c26-21(19-6-4-5-18-14-23-24-20(18)19)22-13-16-7-9-17(10-8-16)15-25-11-2-1-3-12-25/h4-10,14H,1-3,11-13,15H2,(H,22,26)(H,23,24). The molecule has 0 atom stereocenters. The lowest BCUT2D eigenvalue weighted by Gasteiger charge is -2.26. The number of carbonyl (C=O) groups is 1. The molecule has 2 aromatic carbocycles. The highest BCUT2D eigenvalue weighted by Crippen LogP contribution is 2.16. The van der Waals surface area contributed by atoms with E-state index in [0.29, 0.717) is 12.1 Å². The second-order valence-electron chi connectivity index (χ2n) is 6.98. The van der Waals surface area contributed by atoms with Gasteiger partial charge in [-0.05, 0) is 43.1 Å². The maximum absolute atomic E-state index is 12.5. The lowest BCUT2D eigenvalue weighted by molar-refractivity contribution is 0.0952. The fourth-order valence-electron chi connectivity index (χ4n) is 3.57. The van der Waals surface area contributed by atoms with Gasteiger partial charge < -0.3 is 5.32 Å². The van der Waals surface area contributed by atoms with Gasteiger partial charge in [0.15, 0.2) is 0 Å². The molecule has 0 spiro atoms. The van der Waals surface area contributed by atoms with Crippen LogP contribution in [0.3, 0.4) is 0 Å². The SMILES string of the molecule is O=C(NCc1ccc(CN2CCCCC2)cc1)c1cccc2cn[nH]c12. The van der Waals surface area contributed by atoms with E-state index in [-0.39, 0.29) is 5.91 Å². The van der Waals surface area contributed by atoms with Crippen LogP contribution in [0.4, 0.5) is 0 Å². The fraction of sp³-hybridized carbons (Fsp3) is 0.333. The zero-order valence-electron chi connectivity index (χ0n) is 14.9. The number of aromatic nitrogens is 2. The number of fused-ring (bicyclic) bond motifs is 1. The molecule has 3 aromatic rings. The first-order valence-corrected chi connectivity index (χ1v) is 9.30. The molecule has 0 radical (unpaired) electrons. The number of para-hydroxylation sites is 1. The van der Waals surface area contributed by atoms with Gasteiger partial charge in [0.1, 0.15) is 0 Å². The van der Waals surface area contributed by atoms with Crippen molar-refractivity contribution in [1.82, 2.24) is 20.4 Å². The normalized spacial score (nSPS) is 15.2. The number of piperidine rings is 1. The van der Waals surface area contributed by atoms with Crippen LogP contribution in [0.1, 0.15) is 40.7 Å². The third kappa shape index (κ3) is 3.78. The second kappa shape index (κ2) is 7.70. The summed E-state index contributed by atoms with van der Waals surface area (Å²) in [7, 11) is 0. The molecule has 1 fully saturated rings. The van der Waals surface area contributed by atoms with Crippen LogP contribution in [0.5, 0.6) is 0 Å². The van der Waals surface area contributed by atoms with Gasteiger partial charge in [-0.2, -0.15) is 5.10 Å². The van der Waals surface area contributed by atoms with E-state index < -0.39 is 0 Å². The molecular formula is C21H24N4O. The highest BCUT2D eigenvalue weighted by molar-refractivity contribution is 6.05. The van der Waals surface area contributed by atoms with Crippen molar-refractivity contribution >= 4 is 16.8 Å². The minimum Gasteiger partial charge on any atom is -0.348 e. The maximum Gasteiger partial charge on any atom is 0.253 e. The van der Waals surface area contributed by atoms with Crippen molar-refractivity contribution in [3.8, 4) is 0 Å². The maximum atomic E-state index is 12.5. The molecular weight excluding hydrogens is 324 g/mol. The minimum absolute atomic E-state index is 0.0859. The summed E-state index contributed by atoms with van der Waals surface area (Å²) in [6, 6.07) is 14.2. The molecule has 2 N–H and O–H groups in total. The second-order valence-corrected chi connectivity index (χ2v) is 6.98. The Labute approximate surface area is 153 Å². The Balaban J connectivity index is 1.35. The van der Waals surface area contributed by atoms with E-state index in [2.05, 4.69) is 44.7 Å². The number of aromatic amines is 1. The molecule has 0 aliphatic carbocycles. The van der Waals surface area contributed by atoms with E-state index in [9.17, 15) is 4.79 Å². The molecule has 1 aliphatic heterocycles. The van der Waals surface area contributed by atoms with Gasteiger partial charge in [-0.1, -0.05) is 42.8 Å². The number of hydrogen-bond donors (Lipinski definition) is 2. The fourth-order valence-corrected chi connectivity index (χ4v) is 3.57. The Kier molecular flexibility index (Phi) is 4.97. The smallest absolute Gasteiger partial charge is 0.253 e. The van der Waals surface area contributed by atoms with Gasteiger partial charge >= 0.3 is 0 Å². The van der Waals surface area contributed by atoms with Crippen molar-refractivity contribution in [1.29, 1.82) is 0 Å². The van der Waals surface area contributed by atoms with Crippen LogP contribution in [0.25, 0.3) is 10.9 Å². The molecule has 26 heavy (non-hydrogen) atoms. The van der Waals surface area contributed by atoms with Crippen molar-refractivity contribution in [2.24, 2.45) is 0 Å². The summed E-state index contributed by atoms with van der Waals surface area (Å²) in [5.41, 5.74) is 3.85. The Morgan fingerprint density at radius 1 is 1.04 bits per heavy atom. The monoisotopic (exact) mass is 348 g/mol. The predicted octanol–water partition coefficient (Wildman–Crippen LogP) is 3.48. The topological polar surface area (TPSA) is 61.0 Å². The Morgan fingerprint density at radius 2 is 1.81 bits per heavy atom. The average molecular weight is 348 g/mol. The zero-order valence-corrected chi connectivity index (χ0v) is 14.9. The molecule has 4 rings (SSSR count). The number of amides is 1. The molecule has 1 saturated heterocycles. The Bertz CT molecular complexity index is 878. The lowest BCUT2D eigenvalue weighted by Crippen LogP contribution is -2.29. The number of benzene rings is 2. The van der Waals surface area contributed by atoms with Crippen molar-refractivity contribution in [3.05, 3.63) is 65.4 Å². The number of hydrogen-bond acceptors (Lipinski definition) is 3. The molecule has 5 nitrogen and oxygen atoms in total. The van der Waals surface area contributed by atoms with Gasteiger partial charge in [-0.3, -0.25) is 14.8 Å². The van der Waals surface area contributed by atoms with E-state index in [1.807, 2.05) is 18.2 Å². The summed E-state index contributed by atoms with van der Waals surface area (Å²) < 4.78 is 0. The van der Waals surface area contributed by atoms with E-state index in [0.717, 1.165) is 23.0 Å². The zero-order chi connectivity index (χ0) is 17.8. The third-order valence-electron chi connectivity index (χ3n) is 5.05. The van der Waals surface area contributed by atoms with Gasteiger partial charge in [0.2, 0.25) is 0 Å². The Hall–Kier alpha value is -2.66. The molecule has 1 amide bonds. The van der Waals surface area contributed by atoms with Crippen LogP contribution in [-0.4, -0.2) is 34.1 Å². The number of carbonyl (C=O) groups excluding carboxylic acids is 1. The summed E-state index contributed by atoms with van der Waals surface area (Å²) in [5.74, 6) is -0.0859. The largest absolute Gasteiger partial charge is 0.348 e. The van der Waals surface area contributed by atoms with E-state index >= 15 is 0 Å². The Morgan fingerprint density at radius 3 is 2.62 bits per heavy atom. The van der Waals surface area contributed by atoms with Gasteiger partial charge in [0.25, 0.3) is 5.91 Å².